The fourth-order valence-electron chi connectivity index (χ4n) is 3.58. The van der Waals surface area contributed by atoms with Gasteiger partial charge >= 0.3 is 12.0 Å². The molecule has 2 N–H and O–H groups in total. The number of esters is 1. The van der Waals surface area contributed by atoms with Gasteiger partial charge in [-0.3, -0.25) is 14.9 Å². The van der Waals surface area contributed by atoms with E-state index in [0.717, 1.165) is 0 Å². The number of piperidine rings is 1. The van der Waals surface area contributed by atoms with E-state index in [1.165, 1.54) is 30.6 Å². The zero-order chi connectivity index (χ0) is 24.7. The van der Waals surface area contributed by atoms with E-state index >= 15 is 0 Å². The second-order valence-corrected chi connectivity index (χ2v) is 9.59. The highest BCUT2D eigenvalue weighted by Gasteiger charge is 2.35. The summed E-state index contributed by atoms with van der Waals surface area (Å²) in [5.41, 5.74) is 0.414. The average molecular weight is 490 g/mol. The lowest BCUT2D eigenvalue weighted by molar-refractivity contribution is -0.161. The number of nitrogens with one attached hydrogen (secondary N) is 2. The first-order valence-corrected chi connectivity index (χ1v) is 12.1. The van der Waals surface area contributed by atoms with Crippen molar-refractivity contribution in [2.45, 2.75) is 23.8 Å². The summed E-state index contributed by atoms with van der Waals surface area (Å²) in [7, 11) is -0.856. The molecule has 10 nitrogen and oxygen atoms in total. The lowest BCUT2D eigenvalue weighted by Crippen LogP contribution is -2.43. The smallest absolute Gasteiger partial charge is 0.321 e. The van der Waals surface area contributed by atoms with Crippen LogP contribution < -0.4 is 15.4 Å². The molecule has 1 unspecified atom stereocenters. The van der Waals surface area contributed by atoms with Gasteiger partial charge in [0.05, 0.1) is 17.9 Å². The van der Waals surface area contributed by atoms with E-state index in [1.807, 2.05) is 0 Å². The van der Waals surface area contributed by atoms with Crippen molar-refractivity contribution in [3.8, 4) is 5.75 Å². The van der Waals surface area contributed by atoms with E-state index < -0.39 is 40.0 Å². The van der Waals surface area contributed by atoms with Crippen LogP contribution in [0.25, 0.3) is 0 Å². The van der Waals surface area contributed by atoms with Crippen LogP contribution in [0, 0.1) is 5.92 Å². The van der Waals surface area contributed by atoms with Crippen molar-refractivity contribution in [2.24, 2.45) is 5.92 Å². The second kappa shape index (κ2) is 11.1. The van der Waals surface area contributed by atoms with Crippen LogP contribution in [0.3, 0.4) is 0 Å². The molecular weight excluding hydrogens is 462 g/mol. The summed E-state index contributed by atoms with van der Waals surface area (Å²) in [6.07, 6.45) is -0.827. The molecule has 1 heterocycles. The summed E-state index contributed by atoms with van der Waals surface area (Å²) in [5, 5.41) is 4.40. The highest BCUT2D eigenvalue weighted by molar-refractivity contribution is 7.89. The topological polar surface area (TPSA) is 131 Å². The van der Waals surface area contributed by atoms with E-state index in [-0.39, 0.29) is 30.8 Å². The Balaban J connectivity index is 1.66. The Labute approximate surface area is 198 Å². The van der Waals surface area contributed by atoms with Gasteiger partial charge in [-0.2, -0.15) is 4.31 Å². The number of methoxy groups -OCH3 is 1. The molecule has 11 heteroatoms. The van der Waals surface area contributed by atoms with Crippen LogP contribution in [0.2, 0.25) is 0 Å². The van der Waals surface area contributed by atoms with Gasteiger partial charge in [-0.25, -0.2) is 13.2 Å². The minimum atomic E-state index is -3.71. The molecule has 34 heavy (non-hydrogen) atoms. The number of nitrogens with zero attached hydrogens (tertiary/aromatic N) is 1. The number of urea groups is 1. The summed E-state index contributed by atoms with van der Waals surface area (Å²) in [4.78, 5) is 37.1. The molecule has 2 aromatic rings. The third-order valence-electron chi connectivity index (χ3n) is 5.52. The van der Waals surface area contributed by atoms with Crippen LogP contribution in [0.4, 0.5) is 4.79 Å². The van der Waals surface area contributed by atoms with Crippen molar-refractivity contribution in [3.05, 3.63) is 60.2 Å². The number of carbonyl (C=O) groups is 3. The summed E-state index contributed by atoms with van der Waals surface area (Å²) in [5.74, 6) is -1.43. The predicted molar refractivity (Wildman–Crippen MR) is 122 cm³/mol. The fraction of sp³-hybridized carbons (Fsp3) is 0.348. The average Bonchev–Trinajstić information content (AvgIpc) is 2.87. The normalized spacial score (nSPS) is 15.7. The first-order valence-electron chi connectivity index (χ1n) is 10.7. The minimum absolute atomic E-state index is 0.134. The quantitative estimate of drug-likeness (QED) is 0.567. The first-order chi connectivity index (χ1) is 16.3. The highest BCUT2D eigenvalue weighted by atomic mass is 32.2. The van der Waals surface area contributed by atoms with Gasteiger partial charge in [0, 0.05) is 25.7 Å². The molecule has 0 aromatic heterocycles. The van der Waals surface area contributed by atoms with Crippen molar-refractivity contribution in [2.75, 3.05) is 27.2 Å². The maximum atomic E-state index is 12.9. The Morgan fingerprint density at radius 3 is 2.18 bits per heavy atom. The van der Waals surface area contributed by atoms with Crippen LogP contribution in [0.1, 0.15) is 24.5 Å². The molecule has 182 valence electrons. The third kappa shape index (κ3) is 5.91. The third-order valence-corrected chi connectivity index (χ3v) is 7.44. The molecule has 1 fully saturated rings. The number of rotatable bonds is 7. The molecule has 3 amide bonds. The van der Waals surface area contributed by atoms with E-state index in [9.17, 15) is 22.8 Å². The summed E-state index contributed by atoms with van der Waals surface area (Å²) in [6, 6.07) is 13.7. The Kier molecular flexibility index (Phi) is 8.24. The monoisotopic (exact) mass is 489 g/mol. The molecule has 2 aromatic carbocycles. The van der Waals surface area contributed by atoms with Crippen molar-refractivity contribution >= 4 is 27.9 Å². The summed E-state index contributed by atoms with van der Waals surface area (Å²) in [6.45, 7) is 0.267. The van der Waals surface area contributed by atoms with Crippen molar-refractivity contribution in [1.29, 1.82) is 0 Å². The maximum absolute atomic E-state index is 12.9. The predicted octanol–water partition coefficient (Wildman–Crippen LogP) is 1.84. The Bertz CT molecular complexity index is 1110. The van der Waals surface area contributed by atoms with Crippen molar-refractivity contribution in [1.82, 2.24) is 14.9 Å². The number of hydrogen-bond acceptors (Lipinski definition) is 7. The van der Waals surface area contributed by atoms with E-state index in [1.54, 1.807) is 42.5 Å². The summed E-state index contributed by atoms with van der Waals surface area (Å²) >= 11 is 0. The Hall–Kier alpha value is -3.44. The fourth-order valence-corrected chi connectivity index (χ4v) is 5.05. The van der Waals surface area contributed by atoms with Crippen LogP contribution in [-0.2, 0) is 24.3 Å². The largest absolute Gasteiger partial charge is 0.497 e. The van der Waals surface area contributed by atoms with Gasteiger partial charge in [0.15, 0.2) is 0 Å². The molecule has 0 spiro atoms. The lowest BCUT2D eigenvalue weighted by Gasteiger charge is -2.31. The minimum Gasteiger partial charge on any atom is -0.497 e. The van der Waals surface area contributed by atoms with E-state index in [4.69, 9.17) is 9.47 Å². The van der Waals surface area contributed by atoms with E-state index in [2.05, 4.69) is 10.6 Å². The number of imide groups is 1. The lowest BCUT2D eigenvalue weighted by atomic mass is 9.98. The molecule has 1 aliphatic heterocycles. The van der Waals surface area contributed by atoms with Gasteiger partial charge in [0.2, 0.25) is 16.1 Å². The molecule has 1 atom stereocenters. The van der Waals surface area contributed by atoms with Crippen LogP contribution in [0.5, 0.6) is 5.75 Å². The van der Waals surface area contributed by atoms with Crippen molar-refractivity contribution in [3.63, 3.8) is 0 Å². The van der Waals surface area contributed by atoms with Gasteiger partial charge in [-0.05, 0) is 37.1 Å². The number of carbonyl (C=O) groups excluding carboxylic acids is 3. The molecule has 3 rings (SSSR count). The number of ether oxygens (including phenoxy) is 2. The first kappa shape index (κ1) is 25.2. The SMILES string of the molecule is CNC(=O)NC(=O)C(OC(=O)C1CCN(S(=O)(=O)c2ccc(OC)cc2)CC1)c1ccccc1. The molecule has 1 saturated heterocycles. The van der Waals surface area contributed by atoms with Gasteiger partial charge in [-0.15, -0.1) is 0 Å². The van der Waals surface area contributed by atoms with Gasteiger partial charge in [0.1, 0.15) is 5.75 Å². The Morgan fingerprint density at radius 1 is 1.00 bits per heavy atom. The Morgan fingerprint density at radius 2 is 1.62 bits per heavy atom. The van der Waals surface area contributed by atoms with Gasteiger partial charge in [-0.1, -0.05) is 30.3 Å². The van der Waals surface area contributed by atoms with Crippen LogP contribution in [0.15, 0.2) is 59.5 Å². The van der Waals surface area contributed by atoms with Crippen LogP contribution in [-0.4, -0.2) is 57.9 Å². The molecule has 0 saturated carbocycles. The van der Waals surface area contributed by atoms with Gasteiger partial charge < -0.3 is 14.8 Å². The molecule has 0 radical (unpaired) electrons. The van der Waals surface area contributed by atoms with Gasteiger partial charge in [0.25, 0.3) is 5.91 Å². The molecule has 1 aliphatic rings. The molecular formula is C23H27N3O7S. The number of benzene rings is 2. The zero-order valence-electron chi connectivity index (χ0n) is 18.9. The molecule has 0 bridgehead atoms. The standard InChI is InChI=1S/C23H27N3O7S/c1-24-23(29)25-21(27)20(16-6-4-3-5-7-16)33-22(28)17-12-14-26(15-13-17)34(30,31)19-10-8-18(32-2)9-11-19/h3-11,17,20H,12-15H2,1-2H3,(H2,24,25,27,29). The zero-order valence-corrected chi connectivity index (χ0v) is 19.7. The van der Waals surface area contributed by atoms with E-state index in [0.29, 0.717) is 11.3 Å². The number of sulfonamides is 1. The highest BCUT2D eigenvalue weighted by Crippen LogP contribution is 2.28. The summed E-state index contributed by atoms with van der Waals surface area (Å²) < 4.78 is 37.7. The van der Waals surface area contributed by atoms with Crippen LogP contribution >= 0.6 is 0 Å². The number of hydrogen-bond donors (Lipinski definition) is 2. The molecule has 0 aliphatic carbocycles. The second-order valence-electron chi connectivity index (χ2n) is 7.65. The maximum Gasteiger partial charge on any atom is 0.321 e. The number of amides is 3. The van der Waals surface area contributed by atoms with Crippen molar-refractivity contribution < 1.29 is 32.3 Å².